The number of halogens is 2. The molecule has 0 bridgehead atoms. The Balaban J connectivity index is 2.00. The largest absolute Gasteiger partial charge is 0.300 e. The number of para-hydroxylation sites is 1. The van der Waals surface area contributed by atoms with Gasteiger partial charge in [-0.25, -0.2) is 4.98 Å². The van der Waals surface area contributed by atoms with Crippen molar-refractivity contribution < 1.29 is 4.92 Å². The van der Waals surface area contributed by atoms with Gasteiger partial charge in [0.25, 0.3) is 0 Å². The fourth-order valence-electron chi connectivity index (χ4n) is 2.41. The van der Waals surface area contributed by atoms with E-state index in [1.54, 1.807) is 23.0 Å². The zero-order valence-electron chi connectivity index (χ0n) is 12.9. The fraction of sp³-hybridized carbons (Fsp3) is 0.118. The molecular weight excluding hydrogens is 381 g/mol. The molecule has 0 aliphatic rings. The van der Waals surface area contributed by atoms with Crippen LogP contribution < -0.4 is 0 Å². The van der Waals surface area contributed by atoms with Gasteiger partial charge in [-0.05, 0) is 36.4 Å². The molecule has 25 heavy (non-hydrogen) atoms. The average molecular weight is 394 g/mol. The minimum Gasteiger partial charge on any atom is -0.300 e. The summed E-state index contributed by atoms with van der Waals surface area (Å²) in [5, 5.41) is 11.6. The minimum atomic E-state index is -0.494. The van der Waals surface area contributed by atoms with Crippen molar-refractivity contribution in [3.63, 3.8) is 0 Å². The molecule has 0 fully saturated rings. The summed E-state index contributed by atoms with van der Waals surface area (Å²) < 4.78 is 1.79. The van der Waals surface area contributed by atoms with E-state index in [2.05, 4.69) is 4.98 Å². The Bertz CT molecular complexity index is 869. The SMILES string of the molecule is O=[N+]([O-])CC(Sc1ccc(Cl)cc1)c1c(Cl)ncn1-c1ccccc1. The topological polar surface area (TPSA) is 61.0 Å². The second-order valence-electron chi connectivity index (χ2n) is 5.20. The maximum absolute atomic E-state index is 11.2. The van der Waals surface area contributed by atoms with Gasteiger partial charge in [-0.1, -0.05) is 41.4 Å². The van der Waals surface area contributed by atoms with Crippen molar-refractivity contribution in [3.05, 3.63) is 86.9 Å². The van der Waals surface area contributed by atoms with E-state index in [9.17, 15) is 10.1 Å². The molecule has 128 valence electrons. The number of nitro groups is 1. The number of hydrogen-bond acceptors (Lipinski definition) is 4. The summed E-state index contributed by atoms with van der Waals surface area (Å²) in [6, 6.07) is 16.7. The lowest BCUT2D eigenvalue weighted by molar-refractivity contribution is -0.479. The Labute approximate surface area is 158 Å². The van der Waals surface area contributed by atoms with Crippen molar-refractivity contribution in [1.82, 2.24) is 9.55 Å². The van der Waals surface area contributed by atoms with Gasteiger partial charge < -0.3 is 4.57 Å². The summed E-state index contributed by atoms with van der Waals surface area (Å²) in [4.78, 5) is 15.9. The van der Waals surface area contributed by atoms with E-state index in [0.29, 0.717) is 10.7 Å². The maximum Gasteiger partial charge on any atom is 0.221 e. The monoisotopic (exact) mass is 393 g/mol. The van der Waals surface area contributed by atoms with Crippen LogP contribution in [0.5, 0.6) is 0 Å². The second-order valence-corrected chi connectivity index (χ2v) is 7.27. The first kappa shape index (κ1) is 17.8. The van der Waals surface area contributed by atoms with Gasteiger partial charge >= 0.3 is 0 Å². The first-order valence-electron chi connectivity index (χ1n) is 7.37. The molecule has 8 heteroatoms. The highest BCUT2D eigenvalue weighted by atomic mass is 35.5. The van der Waals surface area contributed by atoms with Gasteiger partial charge in [-0.3, -0.25) is 10.1 Å². The summed E-state index contributed by atoms with van der Waals surface area (Å²) in [7, 11) is 0. The molecule has 0 saturated heterocycles. The van der Waals surface area contributed by atoms with Crippen LogP contribution in [-0.2, 0) is 0 Å². The summed E-state index contributed by atoms with van der Waals surface area (Å²) in [6.07, 6.45) is 1.59. The van der Waals surface area contributed by atoms with E-state index in [4.69, 9.17) is 23.2 Å². The zero-order chi connectivity index (χ0) is 17.8. The Morgan fingerprint density at radius 2 is 1.80 bits per heavy atom. The van der Waals surface area contributed by atoms with Crippen LogP contribution in [0.1, 0.15) is 10.9 Å². The van der Waals surface area contributed by atoms with Gasteiger partial charge in [0.15, 0.2) is 5.15 Å². The van der Waals surface area contributed by atoms with Crippen LogP contribution in [-0.4, -0.2) is 21.0 Å². The molecule has 0 aliphatic heterocycles. The molecular formula is C17H13Cl2N3O2S. The standard InChI is InChI=1S/C17H13Cl2N3O2S/c18-12-6-8-14(9-7-12)25-15(10-22(23)24)16-17(19)20-11-21(16)13-4-2-1-3-5-13/h1-9,11,15H,10H2. The average Bonchev–Trinajstić information content (AvgIpc) is 2.98. The van der Waals surface area contributed by atoms with Crippen molar-refractivity contribution >= 4 is 35.0 Å². The lowest BCUT2D eigenvalue weighted by atomic mass is 10.2. The van der Waals surface area contributed by atoms with Crippen LogP contribution in [0.25, 0.3) is 5.69 Å². The van der Waals surface area contributed by atoms with Crippen molar-refractivity contribution in [2.24, 2.45) is 0 Å². The molecule has 0 amide bonds. The van der Waals surface area contributed by atoms with Gasteiger partial charge in [0, 0.05) is 20.5 Å². The van der Waals surface area contributed by atoms with E-state index in [1.165, 1.54) is 11.8 Å². The number of hydrogen-bond donors (Lipinski definition) is 0. The Kier molecular flexibility index (Phi) is 5.63. The quantitative estimate of drug-likeness (QED) is 0.324. The van der Waals surface area contributed by atoms with Crippen molar-refractivity contribution in [2.45, 2.75) is 10.1 Å². The number of benzene rings is 2. The van der Waals surface area contributed by atoms with E-state index < -0.39 is 5.25 Å². The van der Waals surface area contributed by atoms with Crippen LogP contribution in [0.15, 0.2) is 65.8 Å². The normalized spacial score (nSPS) is 12.1. The molecule has 1 unspecified atom stereocenters. The number of thioether (sulfide) groups is 1. The summed E-state index contributed by atoms with van der Waals surface area (Å²) >= 11 is 13.5. The van der Waals surface area contributed by atoms with Crippen LogP contribution in [0.2, 0.25) is 10.2 Å². The fourth-order valence-corrected chi connectivity index (χ4v) is 4.02. The number of nitrogens with zero attached hydrogens (tertiary/aromatic N) is 3. The zero-order valence-corrected chi connectivity index (χ0v) is 15.2. The smallest absolute Gasteiger partial charge is 0.221 e. The van der Waals surface area contributed by atoms with E-state index in [-0.39, 0.29) is 16.6 Å². The Morgan fingerprint density at radius 1 is 1.12 bits per heavy atom. The molecule has 0 radical (unpaired) electrons. The van der Waals surface area contributed by atoms with Gasteiger partial charge in [0.05, 0.1) is 5.69 Å². The molecule has 5 nitrogen and oxygen atoms in total. The minimum absolute atomic E-state index is 0.261. The maximum atomic E-state index is 11.2. The molecule has 2 aromatic carbocycles. The number of imidazole rings is 1. The van der Waals surface area contributed by atoms with E-state index >= 15 is 0 Å². The summed E-state index contributed by atoms with van der Waals surface area (Å²) in [5.74, 6) is 0. The predicted molar refractivity (Wildman–Crippen MR) is 100 cm³/mol. The van der Waals surface area contributed by atoms with Gasteiger partial charge in [0.1, 0.15) is 11.6 Å². The Hall–Kier alpha value is -2.02. The van der Waals surface area contributed by atoms with Crippen LogP contribution in [0.3, 0.4) is 0 Å². The molecule has 0 N–H and O–H groups in total. The van der Waals surface area contributed by atoms with Gasteiger partial charge in [0.2, 0.25) is 6.54 Å². The van der Waals surface area contributed by atoms with Gasteiger partial charge in [-0.2, -0.15) is 0 Å². The third kappa shape index (κ3) is 4.34. The van der Waals surface area contributed by atoms with Crippen LogP contribution in [0, 0.1) is 10.1 Å². The summed E-state index contributed by atoms with van der Waals surface area (Å²) in [6.45, 7) is -0.272. The highest BCUT2D eigenvalue weighted by Crippen LogP contribution is 2.39. The second kappa shape index (κ2) is 7.91. The van der Waals surface area contributed by atoms with E-state index in [1.807, 2.05) is 42.5 Å². The van der Waals surface area contributed by atoms with E-state index in [0.717, 1.165) is 10.6 Å². The molecule has 3 rings (SSSR count). The molecule has 0 spiro atoms. The van der Waals surface area contributed by atoms with Crippen LogP contribution in [0.4, 0.5) is 0 Å². The molecule has 1 atom stereocenters. The van der Waals surface area contributed by atoms with Gasteiger partial charge in [-0.15, -0.1) is 11.8 Å². The first-order chi connectivity index (χ1) is 12.0. The number of rotatable bonds is 6. The third-order valence-corrected chi connectivity index (χ3v) is 5.25. The molecule has 1 heterocycles. The van der Waals surface area contributed by atoms with Crippen molar-refractivity contribution in [3.8, 4) is 5.69 Å². The molecule has 0 aliphatic carbocycles. The lowest BCUT2D eigenvalue weighted by Gasteiger charge is -2.16. The highest BCUT2D eigenvalue weighted by Gasteiger charge is 2.27. The number of aromatic nitrogens is 2. The molecule has 1 aromatic heterocycles. The summed E-state index contributed by atoms with van der Waals surface area (Å²) in [5.41, 5.74) is 1.45. The predicted octanol–water partition coefficient (Wildman–Crippen LogP) is 5.29. The van der Waals surface area contributed by atoms with Crippen molar-refractivity contribution in [1.29, 1.82) is 0 Å². The van der Waals surface area contributed by atoms with Crippen LogP contribution >= 0.6 is 35.0 Å². The third-order valence-electron chi connectivity index (χ3n) is 3.50. The first-order valence-corrected chi connectivity index (χ1v) is 9.00. The highest BCUT2D eigenvalue weighted by molar-refractivity contribution is 7.99. The lowest BCUT2D eigenvalue weighted by Crippen LogP contribution is -2.13. The molecule has 0 saturated carbocycles. The van der Waals surface area contributed by atoms with Crippen molar-refractivity contribution in [2.75, 3.05) is 6.54 Å². The molecule has 3 aromatic rings. The Morgan fingerprint density at radius 3 is 2.44 bits per heavy atom.